The van der Waals surface area contributed by atoms with Crippen molar-refractivity contribution in [2.45, 2.75) is 32.9 Å². The number of carbonyl (C=O) groups is 1. The lowest BCUT2D eigenvalue weighted by Crippen LogP contribution is -2.19. The van der Waals surface area contributed by atoms with Crippen LogP contribution in [0, 0.1) is 0 Å². The van der Waals surface area contributed by atoms with Gasteiger partial charge in [-0.05, 0) is 24.1 Å². The third-order valence-corrected chi connectivity index (χ3v) is 3.06. The molecule has 1 heterocycles. The highest BCUT2D eigenvalue weighted by molar-refractivity contribution is 5.90. The lowest BCUT2D eigenvalue weighted by molar-refractivity contribution is -0.116. The van der Waals surface area contributed by atoms with Crippen molar-refractivity contribution in [3.63, 3.8) is 0 Å². The minimum absolute atomic E-state index is 0.0548. The first-order valence-corrected chi connectivity index (χ1v) is 6.81. The molecule has 2 rings (SSSR count). The summed E-state index contributed by atoms with van der Waals surface area (Å²) in [5.74, 6) is 0.891. The summed E-state index contributed by atoms with van der Waals surface area (Å²) >= 11 is 0. The van der Waals surface area contributed by atoms with Crippen LogP contribution in [0.4, 0.5) is 5.69 Å². The van der Waals surface area contributed by atoms with Gasteiger partial charge in [0.25, 0.3) is 0 Å². The van der Waals surface area contributed by atoms with Crippen molar-refractivity contribution in [3.05, 3.63) is 48.0 Å². The summed E-state index contributed by atoms with van der Waals surface area (Å²) in [5, 5.41) is 2.87. The van der Waals surface area contributed by atoms with Crippen LogP contribution < -0.4 is 11.1 Å². The van der Waals surface area contributed by atoms with E-state index in [0.29, 0.717) is 6.54 Å². The van der Waals surface area contributed by atoms with Gasteiger partial charge in [-0.15, -0.1) is 0 Å². The van der Waals surface area contributed by atoms with Gasteiger partial charge in [0.2, 0.25) is 5.91 Å². The molecule has 0 spiro atoms. The van der Waals surface area contributed by atoms with Crippen LogP contribution in [0.3, 0.4) is 0 Å². The Morgan fingerprint density at radius 2 is 2.10 bits per heavy atom. The predicted octanol–water partition coefficient (Wildman–Crippen LogP) is 1.93. The monoisotopic (exact) mass is 272 g/mol. The SMILES string of the molecule is CCCc1nccn1CC(=O)Nc1ccc(CN)cc1. The van der Waals surface area contributed by atoms with Gasteiger partial charge in [0.1, 0.15) is 12.4 Å². The van der Waals surface area contributed by atoms with Crippen molar-refractivity contribution < 1.29 is 4.79 Å². The zero-order chi connectivity index (χ0) is 14.4. The summed E-state index contributed by atoms with van der Waals surface area (Å²) in [6.07, 6.45) is 5.46. The van der Waals surface area contributed by atoms with Crippen LogP contribution in [0.1, 0.15) is 24.7 Å². The molecule has 1 aromatic heterocycles. The molecule has 0 saturated carbocycles. The maximum Gasteiger partial charge on any atom is 0.244 e. The van der Waals surface area contributed by atoms with Gasteiger partial charge >= 0.3 is 0 Å². The van der Waals surface area contributed by atoms with E-state index in [-0.39, 0.29) is 12.5 Å². The topological polar surface area (TPSA) is 72.9 Å². The highest BCUT2D eigenvalue weighted by atomic mass is 16.1. The number of nitrogens with one attached hydrogen (secondary N) is 1. The summed E-state index contributed by atoms with van der Waals surface area (Å²) in [5.41, 5.74) is 7.37. The van der Waals surface area contributed by atoms with E-state index in [4.69, 9.17) is 5.73 Å². The summed E-state index contributed by atoms with van der Waals surface area (Å²) in [6.45, 7) is 2.88. The molecule has 0 unspecified atom stereocenters. The third kappa shape index (κ3) is 3.68. The number of benzene rings is 1. The molecule has 0 saturated heterocycles. The Labute approximate surface area is 118 Å². The lowest BCUT2D eigenvalue weighted by atomic mass is 10.2. The number of imidazole rings is 1. The number of rotatable bonds is 6. The Kier molecular flexibility index (Phi) is 4.90. The average Bonchev–Trinajstić information content (AvgIpc) is 2.87. The number of amides is 1. The van der Waals surface area contributed by atoms with E-state index in [1.807, 2.05) is 35.0 Å². The van der Waals surface area contributed by atoms with Crippen molar-refractivity contribution in [2.24, 2.45) is 5.73 Å². The van der Waals surface area contributed by atoms with Crippen molar-refractivity contribution in [3.8, 4) is 0 Å². The number of anilines is 1. The van der Waals surface area contributed by atoms with Crippen LogP contribution in [0.25, 0.3) is 0 Å². The fourth-order valence-corrected chi connectivity index (χ4v) is 2.02. The molecule has 0 aliphatic heterocycles. The summed E-state index contributed by atoms with van der Waals surface area (Å²) < 4.78 is 1.88. The Balaban J connectivity index is 1.95. The first-order valence-electron chi connectivity index (χ1n) is 6.81. The summed E-state index contributed by atoms with van der Waals surface area (Å²) in [7, 11) is 0. The molecule has 0 radical (unpaired) electrons. The standard InChI is InChI=1S/C15H20N4O/c1-2-3-14-17-8-9-19(14)11-15(20)18-13-6-4-12(10-16)5-7-13/h4-9H,2-3,10-11,16H2,1H3,(H,18,20). The summed E-state index contributed by atoms with van der Waals surface area (Å²) in [6, 6.07) is 7.55. The van der Waals surface area contributed by atoms with Crippen molar-refractivity contribution in [2.75, 3.05) is 5.32 Å². The largest absolute Gasteiger partial charge is 0.326 e. The molecule has 0 atom stereocenters. The molecule has 1 amide bonds. The second kappa shape index (κ2) is 6.86. The number of nitrogens with two attached hydrogens (primary N) is 1. The maximum absolute atomic E-state index is 12.0. The van der Waals surface area contributed by atoms with Gasteiger partial charge in [0, 0.05) is 31.0 Å². The lowest BCUT2D eigenvalue weighted by Gasteiger charge is -2.09. The van der Waals surface area contributed by atoms with Gasteiger partial charge < -0.3 is 15.6 Å². The first kappa shape index (κ1) is 14.3. The van der Waals surface area contributed by atoms with E-state index in [1.165, 1.54) is 0 Å². The van der Waals surface area contributed by atoms with Gasteiger partial charge in [-0.2, -0.15) is 0 Å². The first-order chi connectivity index (χ1) is 9.72. The zero-order valence-electron chi connectivity index (χ0n) is 11.7. The van der Waals surface area contributed by atoms with Gasteiger partial charge in [0.05, 0.1) is 0 Å². The van der Waals surface area contributed by atoms with Crippen LogP contribution in [-0.2, 0) is 24.3 Å². The normalized spacial score (nSPS) is 10.5. The third-order valence-electron chi connectivity index (χ3n) is 3.06. The molecule has 0 bridgehead atoms. The van der Waals surface area contributed by atoms with E-state index >= 15 is 0 Å². The smallest absolute Gasteiger partial charge is 0.244 e. The Hall–Kier alpha value is -2.14. The molecule has 0 aliphatic rings. The Morgan fingerprint density at radius 1 is 1.35 bits per heavy atom. The average molecular weight is 272 g/mol. The second-order valence-corrected chi connectivity index (χ2v) is 4.67. The van der Waals surface area contributed by atoms with Crippen molar-refractivity contribution >= 4 is 11.6 Å². The van der Waals surface area contributed by atoms with E-state index in [2.05, 4.69) is 17.2 Å². The second-order valence-electron chi connectivity index (χ2n) is 4.67. The quantitative estimate of drug-likeness (QED) is 0.844. The van der Waals surface area contributed by atoms with Gasteiger partial charge in [-0.25, -0.2) is 4.98 Å². The fourth-order valence-electron chi connectivity index (χ4n) is 2.02. The molecule has 3 N–H and O–H groups in total. The molecule has 0 aliphatic carbocycles. The van der Waals surface area contributed by atoms with E-state index in [1.54, 1.807) is 6.20 Å². The Morgan fingerprint density at radius 3 is 2.75 bits per heavy atom. The molecule has 1 aromatic carbocycles. The molecule has 20 heavy (non-hydrogen) atoms. The number of aromatic nitrogens is 2. The minimum Gasteiger partial charge on any atom is -0.326 e. The van der Waals surface area contributed by atoms with Crippen molar-refractivity contribution in [1.82, 2.24) is 9.55 Å². The van der Waals surface area contributed by atoms with Crippen LogP contribution in [0.2, 0.25) is 0 Å². The maximum atomic E-state index is 12.0. The molecule has 5 heteroatoms. The van der Waals surface area contributed by atoms with Crippen LogP contribution in [-0.4, -0.2) is 15.5 Å². The van der Waals surface area contributed by atoms with Gasteiger partial charge in [-0.3, -0.25) is 4.79 Å². The minimum atomic E-state index is -0.0548. The zero-order valence-corrected chi connectivity index (χ0v) is 11.7. The Bertz CT molecular complexity index is 560. The predicted molar refractivity (Wildman–Crippen MR) is 79.2 cm³/mol. The summed E-state index contributed by atoms with van der Waals surface area (Å²) in [4.78, 5) is 16.3. The molecular formula is C15H20N4O. The van der Waals surface area contributed by atoms with Crippen LogP contribution >= 0.6 is 0 Å². The molecule has 106 valence electrons. The highest BCUT2D eigenvalue weighted by Crippen LogP contribution is 2.09. The van der Waals surface area contributed by atoms with Crippen LogP contribution in [0.15, 0.2) is 36.7 Å². The molecule has 2 aromatic rings. The molecular weight excluding hydrogens is 252 g/mol. The molecule has 5 nitrogen and oxygen atoms in total. The van der Waals surface area contributed by atoms with E-state index < -0.39 is 0 Å². The highest BCUT2D eigenvalue weighted by Gasteiger charge is 2.07. The van der Waals surface area contributed by atoms with Gasteiger partial charge in [-0.1, -0.05) is 19.1 Å². The molecule has 0 fully saturated rings. The van der Waals surface area contributed by atoms with E-state index in [9.17, 15) is 4.79 Å². The number of hydrogen-bond donors (Lipinski definition) is 2. The number of nitrogens with zero attached hydrogens (tertiary/aromatic N) is 2. The van der Waals surface area contributed by atoms with Gasteiger partial charge in [0.15, 0.2) is 0 Å². The van der Waals surface area contributed by atoms with Crippen molar-refractivity contribution in [1.29, 1.82) is 0 Å². The number of carbonyl (C=O) groups excluding carboxylic acids is 1. The number of hydrogen-bond acceptors (Lipinski definition) is 3. The van der Waals surface area contributed by atoms with Crippen LogP contribution in [0.5, 0.6) is 0 Å². The fraction of sp³-hybridized carbons (Fsp3) is 0.333. The number of aryl methyl sites for hydroxylation is 1. The van der Waals surface area contributed by atoms with E-state index in [0.717, 1.165) is 29.9 Å².